The van der Waals surface area contributed by atoms with Crippen LogP contribution in [0.4, 0.5) is 0 Å². The fourth-order valence-electron chi connectivity index (χ4n) is 4.52. The first kappa shape index (κ1) is 14.8. The predicted octanol–water partition coefficient (Wildman–Crippen LogP) is 4.00. The predicted molar refractivity (Wildman–Crippen MR) is 86.1 cm³/mol. The van der Waals surface area contributed by atoms with E-state index in [0.29, 0.717) is 17.6 Å². The van der Waals surface area contributed by atoms with Crippen molar-refractivity contribution in [3.63, 3.8) is 0 Å². The molecule has 0 spiro atoms. The Labute approximate surface area is 128 Å². The largest absolute Gasteiger partial charge is 0.297 e. The van der Waals surface area contributed by atoms with E-state index < -0.39 is 0 Å². The first-order valence-electron chi connectivity index (χ1n) is 8.47. The number of carbonyl (C=O) groups is 1. The van der Waals surface area contributed by atoms with E-state index in [4.69, 9.17) is 0 Å². The molecule has 1 aromatic carbocycles. The van der Waals surface area contributed by atoms with Gasteiger partial charge in [0.1, 0.15) is 5.54 Å². The van der Waals surface area contributed by atoms with Crippen LogP contribution in [0.5, 0.6) is 0 Å². The molecule has 0 N–H and O–H groups in total. The molecule has 1 aliphatic carbocycles. The number of hydrogen-bond acceptors (Lipinski definition) is 2. The minimum absolute atomic E-state index is 0.345. The third-order valence-electron chi connectivity index (χ3n) is 5.31. The van der Waals surface area contributed by atoms with E-state index in [0.717, 1.165) is 32.4 Å². The van der Waals surface area contributed by atoms with Crippen molar-refractivity contribution in [2.24, 2.45) is 11.8 Å². The molecule has 1 saturated heterocycles. The first-order valence-corrected chi connectivity index (χ1v) is 8.47. The molecule has 0 radical (unpaired) electrons. The van der Waals surface area contributed by atoms with Crippen LogP contribution in [0.1, 0.15) is 51.5 Å². The molecule has 0 amide bonds. The van der Waals surface area contributed by atoms with E-state index in [1.54, 1.807) is 0 Å². The summed E-state index contributed by atoms with van der Waals surface area (Å²) in [6, 6.07) is 10.5. The van der Waals surface area contributed by atoms with E-state index in [2.05, 4.69) is 43.0 Å². The lowest BCUT2D eigenvalue weighted by atomic mass is 9.72. The normalized spacial score (nSPS) is 34.9. The number of hydrogen-bond donors (Lipinski definition) is 0. The third-order valence-corrected chi connectivity index (χ3v) is 5.31. The summed E-state index contributed by atoms with van der Waals surface area (Å²) in [6.07, 6.45) is 5.26. The highest BCUT2D eigenvalue weighted by atomic mass is 16.1. The van der Waals surface area contributed by atoms with Gasteiger partial charge in [-0.3, -0.25) is 9.69 Å². The van der Waals surface area contributed by atoms with E-state index in [1.807, 2.05) is 6.07 Å². The van der Waals surface area contributed by atoms with Crippen LogP contribution < -0.4 is 0 Å². The van der Waals surface area contributed by atoms with Gasteiger partial charge in [-0.25, -0.2) is 0 Å². The molecule has 1 aromatic rings. The summed E-state index contributed by atoms with van der Waals surface area (Å²) in [5.41, 5.74) is 0.874. The molecule has 0 bridgehead atoms. The zero-order valence-corrected chi connectivity index (χ0v) is 13.3. The number of benzene rings is 1. The minimum atomic E-state index is -0.345. The molecule has 1 saturated carbocycles. The Morgan fingerprint density at radius 2 is 1.71 bits per heavy atom. The van der Waals surface area contributed by atoms with Crippen molar-refractivity contribution in [2.75, 3.05) is 13.1 Å². The molecular formula is C19H27NO. The van der Waals surface area contributed by atoms with Crippen molar-refractivity contribution in [3.8, 4) is 0 Å². The molecule has 114 valence electrons. The van der Waals surface area contributed by atoms with Crippen LogP contribution in [0.3, 0.4) is 0 Å². The van der Waals surface area contributed by atoms with Crippen LogP contribution in [-0.2, 0) is 10.3 Å². The SMILES string of the molecule is CC1CC(C)CN([C@]2(c3ccccc3)CCCCC2=O)C1. The Bertz CT molecular complexity index is 488. The van der Waals surface area contributed by atoms with Gasteiger partial charge in [0.15, 0.2) is 5.78 Å². The molecule has 3 rings (SSSR count). The molecule has 2 fully saturated rings. The van der Waals surface area contributed by atoms with E-state index in [9.17, 15) is 4.79 Å². The van der Waals surface area contributed by atoms with Crippen molar-refractivity contribution >= 4 is 5.78 Å². The second-order valence-corrected chi connectivity index (χ2v) is 7.21. The molecule has 0 aromatic heterocycles. The number of piperidine rings is 1. The second-order valence-electron chi connectivity index (χ2n) is 7.21. The van der Waals surface area contributed by atoms with Gasteiger partial charge in [-0.1, -0.05) is 50.6 Å². The number of carbonyl (C=O) groups excluding carboxylic acids is 1. The third kappa shape index (κ3) is 2.66. The van der Waals surface area contributed by atoms with E-state index >= 15 is 0 Å². The molecule has 2 nitrogen and oxygen atoms in total. The van der Waals surface area contributed by atoms with Gasteiger partial charge < -0.3 is 0 Å². The molecule has 3 atom stereocenters. The highest BCUT2D eigenvalue weighted by molar-refractivity contribution is 5.90. The maximum Gasteiger partial charge on any atom is 0.157 e. The van der Waals surface area contributed by atoms with Gasteiger partial charge in [0, 0.05) is 19.5 Å². The molecule has 2 heteroatoms. The maximum atomic E-state index is 13.0. The first-order chi connectivity index (χ1) is 10.1. The fourth-order valence-corrected chi connectivity index (χ4v) is 4.52. The zero-order chi connectivity index (χ0) is 14.9. The van der Waals surface area contributed by atoms with E-state index in [1.165, 1.54) is 18.4 Å². The lowest BCUT2D eigenvalue weighted by molar-refractivity contribution is -0.137. The number of nitrogens with zero attached hydrogens (tertiary/aromatic N) is 1. The molecule has 1 heterocycles. The molecule has 2 aliphatic rings. The van der Waals surface area contributed by atoms with E-state index in [-0.39, 0.29) is 5.54 Å². The number of likely N-dealkylation sites (tertiary alicyclic amines) is 1. The molecular weight excluding hydrogens is 258 g/mol. The minimum Gasteiger partial charge on any atom is -0.297 e. The molecule has 1 aliphatic heterocycles. The summed E-state index contributed by atoms with van der Waals surface area (Å²) in [5, 5.41) is 0. The van der Waals surface area contributed by atoms with Gasteiger partial charge in [-0.2, -0.15) is 0 Å². The summed E-state index contributed by atoms with van der Waals surface area (Å²) >= 11 is 0. The smallest absolute Gasteiger partial charge is 0.157 e. The standard InChI is InChI=1S/C19H27NO/c1-15-12-16(2)14-20(13-15)19(11-7-6-10-18(19)21)17-8-4-3-5-9-17/h3-5,8-9,15-16H,6-7,10-14H2,1-2H3/t15?,16?,19-/m0/s1. The van der Waals surface area contributed by atoms with Gasteiger partial charge in [-0.15, -0.1) is 0 Å². The van der Waals surface area contributed by atoms with Gasteiger partial charge in [0.2, 0.25) is 0 Å². The Morgan fingerprint density at radius 3 is 2.33 bits per heavy atom. The number of Topliss-reactive ketones (excluding diaryl/α,β-unsaturated/α-hetero) is 1. The van der Waals surface area contributed by atoms with Gasteiger partial charge in [0.25, 0.3) is 0 Å². The lowest BCUT2D eigenvalue weighted by Gasteiger charge is -2.49. The Hall–Kier alpha value is -1.15. The van der Waals surface area contributed by atoms with Crippen LogP contribution in [0.2, 0.25) is 0 Å². The molecule has 21 heavy (non-hydrogen) atoms. The number of rotatable bonds is 2. The maximum absolute atomic E-state index is 13.0. The zero-order valence-electron chi connectivity index (χ0n) is 13.3. The van der Waals surface area contributed by atoms with Gasteiger partial charge in [0.05, 0.1) is 0 Å². The lowest BCUT2D eigenvalue weighted by Crippen LogP contribution is -2.57. The molecule has 2 unspecified atom stereocenters. The fraction of sp³-hybridized carbons (Fsp3) is 0.632. The van der Waals surface area contributed by atoms with Gasteiger partial charge >= 0.3 is 0 Å². The highest BCUT2D eigenvalue weighted by Gasteiger charge is 2.47. The van der Waals surface area contributed by atoms with Crippen LogP contribution >= 0.6 is 0 Å². The highest BCUT2D eigenvalue weighted by Crippen LogP contribution is 2.42. The quantitative estimate of drug-likeness (QED) is 0.818. The average molecular weight is 285 g/mol. The van der Waals surface area contributed by atoms with Crippen molar-refractivity contribution in [1.82, 2.24) is 4.90 Å². The average Bonchev–Trinajstić information content (AvgIpc) is 2.48. The summed E-state index contributed by atoms with van der Waals surface area (Å²) in [5.74, 6) is 1.81. The van der Waals surface area contributed by atoms with Crippen molar-refractivity contribution < 1.29 is 4.79 Å². The second kappa shape index (κ2) is 5.92. The summed E-state index contributed by atoms with van der Waals surface area (Å²) < 4.78 is 0. The topological polar surface area (TPSA) is 20.3 Å². The number of ketones is 1. The van der Waals surface area contributed by atoms with Crippen LogP contribution in [-0.4, -0.2) is 23.8 Å². The van der Waals surface area contributed by atoms with Crippen molar-refractivity contribution in [3.05, 3.63) is 35.9 Å². The summed E-state index contributed by atoms with van der Waals surface area (Å²) in [4.78, 5) is 15.5. The van der Waals surface area contributed by atoms with Crippen molar-refractivity contribution in [1.29, 1.82) is 0 Å². The van der Waals surface area contributed by atoms with Crippen LogP contribution in [0, 0.1) is 11.8 Å². The Kier molecular flexibility index (Phi) is 4.17. The Balaban J connectivity index is 2.02. The van der Waals surface area contributed by atoms with Crippen molar-refractivity contribution in [2.45, 2.75) is 51.5 Å². The van der Waals surface area contributed by atoms with Crippen LogP contribution in [0.15, 0.2) is 30.3 Å². The van der Waals surface area contributed by atoms with Crippen LogP contribution in [0.25, 0.3) is 0 Å². The monoisotopic (exact) mass is 285 g/mol. The van der Waals surface area contributed by atoms with Gasteiger partial charge in [-0.05, 0) is 36.7 Å². The Morgan fingerprint density at radius 1 is 1.05 bits per heavy atom. The summed E-state index contributed by atoms with van der Waals surface area (Å²) in [6.45, 7) is 6.78. The summed E-state index contributed by atoms with van der Waals surface area (Å²) in [7, 11) is 0.